The largest absolute Gasteiger partial charge is 0.507 e. The minimum Gasteiger partial charge on any atom is -0.507 e. The number of hydrogen-bond donors (Lipinski definition) is 3. The number of anilines is 2. The molecule has 0 aliphatic carbocycles. The van der Waals surface area contributed by atoms with Gasteiger partial charge >= 0.3 is 5.91 Å². The van der Waals surface area contributed by atoms with Crippen LogP contribution in [0, 0.1) is 0 Å². The maximum absolute atomic E-state index is 13.2. The first-order valence-corrected chi connectivity index (χ1v) is 11.1. The second-order valence-corrected chi connectivity index (χ2v) is 8.76. The van der Waals surface area contributed by atoms with Gasteiger partial charge in [-0.15, -0.1) is 0 Å². The Bertz CT molecular complexity index is 1400. The van der Waals surface area contributed by atoms with Crippen LogP contribution < -0.4 is 20.3 Å². The van der Waals surface area contributed by atoms with E-state index in [0.717, 1.165) is 4.53 Å². The number of benzene rings is 1. The summed E-state index contributed by atoms with van der Waals surface area (Å²) in [4.78, 5) is 36.2. The summed E-state index contributed by atoms with van der Waals surface area (Å²) in [6, 6.07) is 8.78. The smallest absolute Gasteiger partial charge is 0.301 e. The van der Waals surface area contributed by atoms with Crippen LogP contribution in [-0.2, 0) is 9.59 Å². The average Bonchev–Trinajstić information content (AvgIpc) is 3.38. The summed E-state index contributed by atoms with van der Waals surface area (Å²) in [6.45, 7) is 3.52. The Morgan fingerprint density at radius 2 is 2.06 bits per heavy atom. The second kappa shape index (κ2) is 9.14. The van der Waals surface area contributed by atoms with Gasteiger partial charge in [-0.2, -0.15) is 0 Å². The molecule has 4 rings (SSSR count). The quantitative estimate of drug-likeness (QED) is 0.226. The summed E-state index contributed by atoms with van der Waals surface area (Å²) in [5.74, 6) is -2.03. The highest BCUT2D eigenvalue weighted by atomic mass is 35.5. The van der Waals surface area contributed by atoms with E-state index in [4.69, 9.17) is 11.6 Å². The van der Waals surface area contributed by atoms with Crippen LogP contribution in [0.3, 0.4) is 0 Å². The lowest BCUT2D eigenvalue weighted by molar-refractivity contribution is -0.132. The zero-order chi connectivity index (χ0) is 23.7. The lowest BCUT2D eigenvalue weighted by Gasteiger charge is -2.23. The zero-order valence-corrected chi connectivity index (χ0v) is 19.2. The summed E-state index contributed by atoms with van der Waals surface area (Å²) in [5, 5.41) is 21.6. The van der Waals surface area contributed by atoms with E-state index in [2.05, 4.69) is 15.4 Å². The first-order chi connectivity index (χ1) is 15.9. The fraction of sp³-hybridized carbons (Fsp3) is 0.130. The highest BCUT2D eigenvalue weighted by Crippen LogP contribution is 2.42. The molecule has 3 aromatic rings. The van der Waals surface area contributed by atoms with E-state index >= 15 is 0 Å². The van der Waals surface area contributed by atoms with Crippen LogP contribution in [0.5, 0.6) is 0 Å². The zero-order valence-electron chi connectivity index (χ0n) is 17.6. The molecule has 0 saturated carbocycles. The van der Waals surface area contributed by atoms with Gasteiger partial charge in [0.05, 0.1) is 27.2 Å². The molecule has 1 unspecified atom stereocenters. The molecule has 0 radical (unpaired) electrons. The molecule has 33 heavy (non-hydrogen) atoms. The van der Waals surface area contributed by atoms with Crippen molar-refractivity contribution in [2.24, 2.45) is 0 Å². The Kier molecular flexibility index (Phi) is 6.28. The molecule has 2 aromatic heterocycles. The number of pyridine rings is 1. The number of carbonyl (C=O) groups is 2. The van der Waals surface area contributed by atoms with Crippen LogP contribution in [0.15, 0.2) is 54.4 Å². The van der Waals surface area contributed by atoms with Crippen LogP contribution in [0.4, 0.5) is 10.8 Å². The van der Waals surface area contributed by atoms with Crippen molar-refractivity contribution in [3.05, 3.63) is 75.4 Å². The third-order valence-corrected chi connectivity index (χ3v) is 6.45. The first-order valence-electron chi connectivity index (χ1n) is 9.88. The number of ketones is 1. The van der Waals surface area contributed by atoms with Gasteiger partial charge in [0.2, 0.25) is 0 Å². The summed E-state index contributed by atoms with van der Waals surface area (Å²) in [6.07, 6.45) is 4.76. The molecule has 168 valence electrons. The minimum absolute atomic E-state index is 0.103. The molecule has 1 aliphatic rings. The van der Waals surface area contributed by atoms with Crippen molar-refractivity contribution < 1.29 is 19.9 Å². The van der Waals surface area contributed by atoms with Gasteiger partial charge in [-0.3, -0.25) is 30.2 Å². The molecule has 1 aromatic carbocycles. The fourth-order valence-corrected chi connectivity index (χ4v) is 4.88. The fourth-order valence-electron chi connectivity index (χ4n) is 3.65. The predicted molar refractivity (Wildman–Crippen MR) is 127 cm³/mol. The molecule has 1 saturated heterocycles. The van der Waals surface area contributed by atoms with Crippen molar-refractivity contribution in [3.63, 3.8) is 0 Å². The second-order valence-electron chi connectivity index (χ2n) is 7.18. The molecule has 1 atom stereocenters. The molecule has 10 heteroatoms. The van der Waals surface area contributed by atoms with Crippen molar-refractivity contribution in [1.82, 2.24) is 9.97 Å². The van der Waals surface area contributed by atoms with E-state index in [0.29, 0.717) is 27.2 Å². The molecular weight excluding hydrogens is 464 g/mol. The molecule has 0 spiro atoms. The minimum atomic E-state index is -0.988. The van der Waals surface area contributed by atoms with Gasteiger partial charge in [0.1, 0.15) is 5.76 Å². The molecule has 8 nitrogen and oxygen atoms in total. The summed E-state index contributed by atoms with van der Waals surface area (Å²) in [5.41, 5.74) is 3.10. The Morgan fingerprint density at radius 3 is 2.67 bits per heavy atom. The summed E-state index contributed by atoms with van der Waals surface area (Å²) >= 11 is 7.41. The highest BCUT2D eigenvalue weighted by Gasteiger charge is 2.48. The van der Waals surface area contributed by atoms with Gasteiger partial charge in [0.15, 0.2) is 5.13 Å². The number of aliphatic hydroxyl groups excluding tert-OH is 1. The summed E-state index contributed by atoms with van der Waals surface area (Å²) in [7, 11) is 0. The normalized spacial score (nSPS) is 19.2. The van der Waals surface area contributed by atoms with Crippen LogP contribution in [0.2, 0.25) is 0 Å². The van der Waals surface area contributed by atoms with E-state index in [9.17, 15) is 19.9 Å². The molecule has 3 N–H and O–H groups in total. The lowest BCUT2D eigenvalue weighted by Crippen LogP contribution is -2.30. The number of aromatic nitrogens is 2. The number of amides is 1. The third-order valence-electron chi connectivity index (χ3n) is 5.15. The number of thiazole rings is 1. The van der Waals surface area contributed by atoms with Crippen molar-refractivity contribution in [2.45, 2.75) is 19.9 Å². The molecule has 1 aliphatic heterocycles. The van der Waals surface area contributed by atoms with Crippen LogP contribution in [0.1, 0.15) is 31.0 Å². The van der Waals surface area contributed by atoms with E-state index < -0.39 is 17.7 Å². The first kappa shape index (κ1) is 22.7. The predicted octanol–water partition coefficient (Wildman–Crippen LogP) is 3.13. The van der Waals surface area contributed by atoms with E-state index in [1.165, 1.54) is 28.6 Å². The molecule has 1 fully saturated rings. The molecule has 1 amide bonds. The van der Waals surface area contributed by atoms with Gasteiger partial charge in [0.25, 0.3) is 5.78 Å². The Hall–Kier alpha value is -3.53. The Balaban J connectivity index is 2.01. The maximum atomic E-state index is 13.2. The maximum Gasteiger partial charge on any atom is 0.301 e. The number of rotatable bonds is 4. The van der Waals surface area contributed by atoms with Gasteiger partial charge < -0.3 is 5.11 Å². The number of aliphatic hydroxyl groups is 1. The molecular formula is C23H19ClN4O4S. The topological polar surface area (TPSA) is 116 Å². The lowest BCUT2D eigenvalue weighted by atomic mass is 9.95. The third kappa shape index (κ3) is 4.02. The van der Waals surface area contributed by atoms with Crippen molar-refractivity contribution >= 4 is 62.3 Å². The van der Waals surface area contributed by atoms with Gasteiger partial charge in [-0.25, -0.2) is 4.98 Å². The average molecular weight is 483 g/mol. The van der Waals surface area contributed by atoms with Gasteiger partial charge in [0, 0.05) is 23.0 Å². The summed E-state index contributed by atoms with van der Waals surface area (Å²) < 4.78 is 0.746. The molecule has 3 heterocycles. The highest BCUT2D eigenvalue weighted by molar-refractivity contribution is 7.14. The van der Waals surface area contributed by atoms with Crippen LogP contribution >= 0.6 is 22.9 Å². The number of carbonyl (C=O) groups excluding carboxylic acids is 2. The number of halogens is 1. The number of Topliss-reactive ketones (excluding diaryl/α,β-unsaturated/α-hetero) is 1. The monoisotopic (exact) mass is 482 g/mol. The van der Waals surface area contributed by atoms with Crippen LogP contribution in [0.25, 0.3) is 16.9 Å². The standard InChI is InChI=1S/C23H19ClN4O4S/c1-3-16-18(12(2)24)26-23(33-16)28-19(13-6-4-8-15(10-13)27-32)17(21(30)22(28)31)20(29)14-7-5-9-25-11-14/h3-11,19,27,29,32H,1-2H3/b16-3+,18-12-,20-17+. The Labute approximate surface area is 197 Å². The van der Waals surface area contributed by atoms with Crippen molar-refractivity contribution in [2.75, 3.05) is 10.4 Å². The molecule has 0 bridgehead atoms. The number of nitrogens with zero attached hydrogens (tertiary/aromatic N) is 3. The van der Waals surface area contributed by atoms with E-state index in [1.54, 1.807) is 43.3 Å². The van der Waals surface area contributed by atoms with Gasteiger partial charge in [-0.05, 0) is 43.7 Å². The number of hydrogen-bond acceptors (Lipinski definition) is 8. The van der Waals surface area contributed by atoms with E-state index in [-0.39, 0.29) is 16.5 Å². The SMILES string of the molecule is C/C=c1/sc(N2C(=O)C(=O)/C(=C(/O)c3cccnc3)C2c2cccc(NO)c2)n/c1=C(/C)Cl. The Morgan fingerprint density at radius 1 is 1.27 bits per heavy atom. The van der Waals surface area contributed by atoms with Crippen molar-refractivity contribution in [3.8, 4) is 0 Å². The van der Waals surface area contributed by atoms with Crippen molar-refractivity contribution in [1.29, 1.82) is 0 Å². The number of nitrogens with one attached hydrogen (secondary N) is 1. The van der Waals surface area contributed by atoms with Gasteiger partial charge in [-0.1, -0.05) is 41.1 Å². The van der Waals surface area contributed by atoms with Crippen LogP contribution in [-0.4, -0.2) is 32.0 Å². The van der Waals surface area contributed by atoms with E-state index in [1.807, 2.05) is 13.0 Å².